The Kier molecular flexibility index (Phi) is 21.3. The van der Waals surface area contributed by atoms with Crippen molar-refractivity contribution >= 4 is 17.7 Å². The Morgan fingerprint density at radius 1 is 0.719 bits per heavy atom. The highest BCUT2D eigenvalue weighted by atomic mass is 16.5. The molecule has 3 amide bonds. The second-order valence-electron chi connectivity index (χ2n) is 7.84. The van der Waals surface area contributed by atoms with E-state index < -0.39 is 0 Å². The Morgan fingerprint density at radius 3 is 1.94 bits per heavy atom. The van der Waals surface area contributed by atoms with E-state index in [0.717, 1.165) is 32.2 Å². The Bertz CT molecular complexity index is 490. The van der Waals surface area contributed by atoms with E-state index in [2.05, 4.69) is 22.9 Å². The van der Waals surface area contributed by atoms with E-state index in [1.807, 2.05) is 6.92 Å². The molecule has 0 aliphatic rings. The Balaban J connectivity index is 3.44. The highest BCUT2D eigenvalue weighted by Crippen LogP contribution is 2.08. The van der Waals surface area contributed by atoms with Crippen LogP contribution in [0.3, 0.4) is 0 Å². The number of carbonyl (C=O) groups is 3. The summed E-state index contributed by atoms with van der Waals surface area (Å²) in [5, 5.41) is 8.29. The predicted octanol–water partition coefficient (Wildman–Crippen LogP) is 1.79. The molecular weight excluding hydrogens is 414 g/mol. The molecule has 0 spiro atoms. The summed E-state index contributed by atoms with van der Waals surface area (Å²) in [6.45, 7) is 6.86. The van der Waals surface area contributed by atoms with Crippen LogP contribution in [0.5, 0.6) is 0 Å². The summed E-state index contributed by atoms with van der Waals surface area (Å²) in [7, 11) is 1.55. The zero-order valence-corrected chi connectivity index (χ0v) is 20.3. The van der Waals surface area contributed by atoms with Crippen molar-refractivity contribution < 1.29 is 28.6 Å². The lowest BCUT2D eigenvalue weighted by molar-refractivity contribution is -0.127. The molecule has 0 fully saturated rings. The van der Waals surface area contributed by atoms with Gasteiger partial charge in [0.05, 0.1) is 26.4 Å². The number of hydrogen-bond acceptors (Lipinski definition) is 6. The molecule has 32 heavy (non-hydrogen) atoms. The lowest BCUT2D eigenvalue weighted by atomic mass is 10.0. The number of ether oxygens (including phenoxy) is 3. The van der Waals surface area contributed by atoms with E-state index in [1.54, 1.807) is 7.05 Å². The minimum Gasteiger partial charge on any atom is -0.377 e. The molecule has 3 N–H and O–H groups in total. The van der Waals surface area contributed by atoms with Gasteiger partial charge >= 0.3 is 0 Å². The van der Waals surface area contributed by atoms with Gasteiger partial charge in [-0.1, -0.05) is 46.0 Å². The molecule has 0 aliphatic heterocycles. The number of carbonyl (C=O) groups excluding carboxylic acids is 3. The molecule has 188 valence electrons. The highest BCUT2D eigenvalue weighted by molar-refractivity contribution is 5.78. The Hall–Kier alpha value is -1.71. The largest absolute Gasteiger partial charge is 0.377 e. The predicted molar refractivity (Wildman–Crippen MR) is 124 cm³/mol. The Morgan fingerprint density at radius 2 is 1.28 bits per heavy atom. The zero-order valence-electron chi connectivity index (χ0n) is 20.3. The molecule has 0 rings (SSSR count). The molecule has 0 heterocycles. The molecule has 0 aliphatic carbocycles. The maximum absolute atomic E-state index is 12.1. The molecule has 0 bridgehead atoms. The topological polar surface area (TPSA) is 115 Å². The van der Waals surface area contributed by atoms with E-state index in [4.69, 9.17) is 14.2 Å². The van der Waals surface area contributed by atoms with E-state index >= 15 is 0 Å². The summed E-state index contributed by atoms with van der Waals surface area (Å²) in [5.74, 6) is -0.215. The van der Waals surface area contributed by atoms with Gasteiger partial charge in [0.1, 0.15) is 13.2 Å². The van der Waals surface area contributed by atoms with Gasteiger partial charge < -0.3 is 30.2 Å². The molecule has 0 radical (unpaired) electrons. The first kappa shape index (κ1) is 30.3. The first-order valence-electron chi connectivity index (χ1n) is 12.0. The van der Waals surface area contributed by atoms with Crippen LogP contribution in [0, 0.1) is 5.92 Å². The van der Waals surface area contributed by atoms with Crippen molar-refractivity contribution in [2.24, 2.45) is 5.92 Å². The van der Waals surface area contributed by atoms with Crippen LogP contribution in [-0.4, -0.2) is 77.5 Å². The van der Waals surface area contributed by atoms with E-state index in [9.17, 15) is 14.4 Å². The van der Waals surface area contributed by atoms with Gasteiger partial charge in [0.25, 0.3) is 0 Å². The number of nitrogens with one attached hydrogen (secondary N) is 3. The number of likely N-dealkylation sites (N-methyl/N-ethyl adjacent to an activating group) is 1. The van der Waals surface area contributed by atoms with Crippen LogP contribution in [0.2, 0.25) is 0 Å². The Labute approximate surface area is 193 Å². The molecule has 9 heteroatoms. The van der Waals surface area contributed by atoms with Crippen LogP contribution >= 0.6 is 0 Å². The lowest BCUT2D eigenvalue weighted by Crippen LogP contribution is -2.30. The minimum atomic E-state index is -0.178. The van der Waals surface area contributed by atoms with Crippen molar-refractivity contribution in [1.29, 1.82) is 0 Å². The third-order valence-electron chi connectivity index (χ3n) is 4.90. The summed E-state index contributed by atoms with van der Waals surface area (Å²) in [4.78, 5) is 34.7. The van der Waals surface area contributed by atoms with Gasteiger partial charge in [0.15, 0.2) is 0 Å². The van der Waals surface area contributed by atoms with Crippen LogP contribution in [0.1, 0.15) is 65.2 Å². The van der Waals surface area contributed by atoms with Crippen LogP contribution in [0.4, 0.5) is 0 Å². The fourth-order valence-electron chi connectivity index (χ4n) is 2.84. The van der Waals surface area contributed by atoms with E-state index in [-0.39, 0.29) is 36.9 Å². The summed E-state index contributed by atoms with van der Waals surface area (Å²) in [6, 6.07) is 0. The second-order valence-corrected chi connectivity index (χ2v) is 7.84. The molecule has 0 saturated carbocycles. The average Bonchev–Trinajstić information content (AvgIpc) is 2.79. The maximum atomic E-state index is 12.1. The van der Waals surface area contributed by atoms with Crippen molar-refractivity contribution in [3.8, 4) is 0 Å². The van der Waals surface area contributed by atoms with E-state index in [1.165, 1.54) is 25.7 Å². The van der Waals surface area contributed by atoms with Crippen molar-refractivity contribution in [3.63, 3.8) is 0 Å². The second kappa shape index (κ2) is 22.5. The molecule has 1 unspecified atom stereocenters. The van der Waals surface area contributed by atoms with Crippen LogP contribution < -0.4 is 16.0 Å². The molecule has 9 nitrogen and oxygen atoms in total. The number of unbranched alkanes of at least 4 members (excludes halogenated alkanes) is 5. The maximum Gasteiger partial charge on any atom is 0.245 e. The normalized spacial score (nSPS) is 11.7. The number of amides is 3. The molecule has 0 aromatic heterocycles. The van der Waals surface area contributed by atoms with Crippen molar-refractivity contribution in [3.05, 3.63) is 0 Å². The third kappa shape index (κ3) is 20.2. The van der Waals surface area contributed by atoms with Gasteiger partial charge in [0, 0.05) is 26.1 Å². The van der Waals surface area contributed by atoms with E-state index in [0.29, 0.717) is 33.0 Å². The fourth-order valence-corrected chi connectivity index (χ4v) is 2.84. The van der Waals surface area contributed by atoms with Gasteiger partial charge in [-0.25, -0.2) is 0 Å². The first-order valence-corrected chi connectivity index (χ1v) is 12.0. The van der Waals surface area contributed by atoms with Gasteiger partial charge in [-0.15, -0.1) is 0 Å². The van der Waals surface area contributed by atoms with Crippen LogP contribution in [-0.2, 0) is 28.6 Å². The summed E-state index contributed by atoms with van der Waals surface area (Å²) >= 11 is 0. The summed E-state index contributed by atoms with van der Waals surface area (Å²) < 4.78 is 15.6. The lowest BCUT2D eigenvalue weighted by Gasteiger charge is -2.12. The minimum absolute atomic E-state index is 0.00104. The monoisotopic (exact) mass is 459 g/mol. The van der Waals surface area contributed by atoms with Crippen molar-refractivity contribution in [2.45, 2.75) is 65.2 Å². The standard InChI is InChI=1S/C23H45N3O6/c1-4-5-6-7-9-13-26-23(29)20(2)11-8-10-12-25-22(28)19-32-17-15-30-14-16-31-18-21(27)24-3/h20H,4-19H2,1-3H3,(H,24,27)(H,25,28)(H,26,29). The fraction of sp³-hybridized carbons (Fsp3) is 0.870. The quantitative estimate of drug-likeness (QED) is 0.213. The van der Waals surface area contributed by atoms with Crippen LogP contribution in [0.25, 0.3) is 0 Å². The smallest absolute Gasteiger partial charge is 0.245 e. The first-order chi connectivity index (χ1) is 15.5. The van der Waals surface area contributed by atoms with Crippen molar-refractivity contribution in [2.75, 3.05) is 59.8 Å². The van der Waals surface area contributed by atoms with Gasteiger partial charge in [-0.3, -0.25) is 14.4 Å². The van der Waals surface area contributed by atoms with Gasteiger partial charge in [0.2, 0.25) is 17.7 Å². The summed E-state index contributed by atoms with van der Waals surface area (Å²) in [6.07, 6.45) is 8.49. The third-order valence-corrected chi connectivity index (χ3v) is 4.90. The molecule has 1 atom stereocenters. The SMILES string of the molecule is CCCCCCCNC(=O)C(C)CCCCNC(=O)COCCOCCOCC(=O)NC. The molecular formula is C23H45N3O6. The molecule has 0 aromatic carbocycles. The average molecular weight is 460 g/mol. The zero-order chi connectivity index (χ0) is 23.9. The number of hydrogen-bond donors (Lipinski definition) is 3. The van der Waals surface area contributed by atoms with Crippen LogP contribution in [0.15, 0.2) is 0 Å². The molecule has 0 saturated heterocycles. The van der Waals surface area contributed by atoms with Crippen molar-refractivity contribution in [1.82, 2.24) is 16.0 Å². The summed E-state index contributed by atoms with van der Waals surface area (Å²) in [5.41, 5.74) is 0. The highest BCUT2D eigenvalue weighted by Gasteiger charge is 2.11. The molecule has 0 aromatic rings. The van der Waals surface area contributed by atoms with Gasteiger partial charge in [-0.05, 0) is 19.3 Å². The number of rotatable bonds is 22. The van der Waals surface area contributed by atoms with Gasteiger partial charge in [-0.2, -0.15) is 0 Å².